The molecule has 0 radical (unpaired) electrons. The number of ether oxygens (including phenoxy) is 1. The number of aliphatic hydroxyl groups is 1. The Labute approximate surface area is 109 Å². The number of carboxylic acids is 1. The summed E-state index contributed by atoms with van der Waals surface area (Å²) in [6, 6.07) is 7.94. The Morgan fingerprint density at radius 3 is 2.84 bits per heavy atom. The number of rotatable bonds is 4. The highest BCUT2D eigenvalue weighted by Gasteiger charge is 2.14. The molecule has 0 amide bonds. The fourth-order valence-corrected chi connectivity index (χ4v) is 1.52. The van der Waals surface area contributed by atoms with E-state index in [0.29, 0.717) is 11.3 Å². The first-order valence-corrected chi connectivity index (χ1v) is 5.46. The fourth-order valence-electron chi connectivity index (χ4n) is 1.52. The molecule has 0 saturated heterocycles. The monoisotopic (exact) mass is 260 g/mol. The number of carbonyl (C=O) groups is 1. The highest BCUT2D eigenvalue weighted by Crippen LogP contribution is 2.25. The van der Waals surface area contributed by atoms with Gasteiger partial charge < -0.3 is 20.7 Å². The largest absolute Gasteiger partial charge is 0.477 e. The molecule has 0 spiro atoms. The highest BCUT2D eigenvalue weighted by atomic mass is 16.5. The number of hydrogen-bond donors (Lipinski definition) is 3. The summed E-state index contributed by atoms with van der Waals surface area (Å²) in [4.78, 5) is 14.9. The summed E-state index contributed by atoms with van der Waals surface area (Å²) in [5.41, 5.74) is 6.28. The van der Waals surface area contributed by atoms with E-state index in [-0.39, 0.29) is 23.7 Å². The Kier molecular flexibility index (Phi) is 3.63. The van der Waals surface area contributed by atoms with Crippen LogP contribution in [0, 0.1) is 0 Å². The molecule has 0 aliphatic carbocycles. The van der Waals surface area contributed by atoms with Crippen LogP contribution in [0.25, 0.3) is 0 Å². The summed E-state index contributed by atoms with van der Waals surface area (Å²) in [5.74, 6) is -0.823. The molecule has 98 valence electrons. The quantitative estimate of drug-likeness (QED) is 0.771. The lowest BCUT2D eigenvalue weighted by Crippen LogP contribution is -2.03. The third-order valence-electron chi connectivity index (χ3n) is 2.40. The summed E-state index contributed by atoms with van der Waals surface area (Å²) >= 11 is 0. The van der Waals surface area contributed by atoms with Crippen LogP contribution >= 0.6 is 0 Å². The zero-order valence-electron chi connectivity index (χ0n) is 9.91. The summed E-state index contributed by atoms with van der Waals surface area (Å²) < 4.78 is 5.41. The van der Waals surface area contributed by atoms with Crippen LogP contribution in [-0.2, 0) is 6.61 Å². The molecule has 1 heterocycles. The Balaban J connectivity index is 2.34. The first-order valence-electron chi connectivity index (χ1n) is 5.46. The van der Waals surface area contributed by atoms with Gasteiger partial charge in [-0.2, -0.15) is 0 Å². The van der Waals surface area contributed by atoms with Gasteiger partial charge in [-0.15, -0.1) is 0 Å². The van der Waals surface area contributed by atoms with Crippen molar-refractivity contribution < 1.29 is 19.7 Å². The molecule has 2 aromatic rings. The Morgan fingerprint density at radius 2 is 2.16 bits per heavy atom. The van der Waals surface area contributed by atoms with Crippen molar-refractivity contribution in [2.75, 3.05) is 5.73 Å². The maximum absolute atomic E-state index is 11.1. The van der Waals surface area contributed by atoms with E-state index in [4.69, 9.17) is 20.7 Å². The standard InChI is InChI=1S/C13H12N2O4/c14-9-5-11(13(17)18)12(15-6-9)19-10-3-1-2-8(4-10)7-16/h1-6,16H,7,14H2,(H,17,18). The zero-order chi connectivity index (χ0) is 13.8. The molecule has 6 heteroatoms. The molecule has 0 aliphatic rings. The lowest BCUT2D eigenvalue weighted by Gasteiger charge is -2.08. The van der Waals surface area contributed by atoms with Crippen molar-refractivity contribution in [3.8, 4) is 11.6 Å². The van der Waals surface area contributed by atoms with Gasteiger partial charge in [-0.05, 0) is 23.8 Å². The second kappa shape index (κ2) is 5.36. The predicted molar refractivity (Wildman–Crippen MR) is 68.0 cm³/mol. The number of carboxylic acid groups (broad SMARTS) is 1. The molecule has 0 saturated carbocycles. The lowest BCUT2D eigenvalue weighted by atomic mass is 10.2. The highest BCUT2D eigenvalue weighted by molar-refractivity contribution is 5.91. The zero-order valence-corrected chi connectivity index (χ0v) is 9.91. The minimum Gasteiger partial charge on any atom is -0.477 e. The van der Waals surface area contributed by atoms with Crippen LogP contribution in [0.3, 0.4) is 0 Å². The van der Waals surface area contributed by atoms with Gasteiger partial charge in [0.1, 0.15) is 11.3 Å². The van der Waals surface area contributed by atoms with E-state index >= 15 is 0 Å². The van der Waals surface area contributed by atoms with E-state index < -0.39 is 5.97 Å². The molecule has 0 bridgehead atoms. The molecular weight excluding hydrogens is 248 g/mol. The van der Waals surface area contributed by atoms with Crippen LogP contribution in [0.1, 0.15) is 15.9 Å². The fraction of sp³-hybridized carbons (Fsp3) is 0.0769. The topological polar surface area (TPSA) is 106 Å². The first kappa shape index (κ1) is 12.8. The SMILES string of the molecule is Nc1cnc(Oc2cccc(CO)c2)c(C(=O)O)c1. The number of nitrogens with zero attached hydrogens (tertiary/aromatic N) is 1. The summed E-state index contributed by atoms with van der Waals surface area (Å²) in [6.07, 6.45) is 1.32. The third-order valence-corrected chi connectivity index (χ3v) is 2.40. The van der Waals surface area contributed by atoms with Crippen LogP contribution in [0.2, 0.25) is 0 Å². The number of aromatic nitrogens is 1. The summed E-state index contributed by atoms with van der Waals surface area (Å²) in [7, 11) is 0. The van der Waals surface area contributed by atoms with Crippen molar-refractivity contribution in [3.63, 3.8) is 0 Å². The van der Waals surface area contributed by atoms with E-state index in [0.717, 1.165) is 0 Å². The van der Waals surface area contributed by atoms with Crippen molar-refractivity contribution in [3.05, 3.63) is 47.7 Å². The summed E-state index contributed by atoms with van der Waals surface area (Å²) in [6.45, 7) is -0.127. The van der Waals surface area contributed by atoms with Crippen LogP contribution in [0.15, 0.2) is 36.5 Å². The van der Waals surface area contributed by atoms with E-state index in [1.54, 1.807) is 24.3 Å². The minimum absolute atomic E-state index is 0.0446. The van der Waals surface area contributed by atoms with Gasteiger partial charge in [0.15, 0.2) is 0 Å². The maximum atomic E-state index is 11.1. The Morgan fingerprint density at radius 1 is 1.37 bits per heavy atom. The van der Waals surface area contributed by atoms with Gasteiger partial charge in [0.2, 0.25) is 5.88 Å². The number of aliphatic hydroxyl groups excluding tert-OH is 1. The van der Waals surface area contributed by atoms with Crippen LogP contribution < -0.4 is 10.5 Å². The minimum atomic E-state index is -1.17. The van der Waals surface area contributed by atoms with Crippen molar-refractivity contribution >= 4 is 11.7 Å². The molecule has 4 N–H and O–H groups in total. The van der Waals surface area contributed by atoms with E-state index in [2.05, 4.69) is 4.98 Å². The lowest BCUT2D eigenvalue weighted by molar-refractivity contribution is 0.0693. The van der Waals surface area contributed by atoms with Crippen molar-refractivity contribution in [1.82, 2.24) is 4.98 Å². The average Bonchev–Trinajstić information content (AvgIpc) is 2.41. The summed E-state index contributed by atoms with van der Waals surface area (Å²) in [5, 5.41) is 18.1. The number of nitrogens with two attached hydrogens (primary N) is 1. The number of pyridine rings is 1. The van der Waals surface area contributed by atoms with E-state index in [1.807, 2.05) is 0 Å². The van der Waals surface area contributed by atoms with Gasteiger partial charge >= 0.3 is 5.97 Å². The molecule has 0 aliphatic heterocycles. The van der Waals surface area contributed by atoms with Gasteiger partial charge in [0, 0.05) is 0 Å². The van der Waals surface area contributed by atoms with E-state index in [1.165, 1.54) is 12.3 Å². The molecule has 2 rings (SSSR count). The smallest absolute Gasteiger partial charge is 0.341 e. The van der Waals surface area contributed by atoms with Crippen LogP contribution in [0.5, 0.6) is 11.6 Å². The van der Waals surface area contributed by atoms with Crippen molar-refractivity contribution in [2.24, 2.45) is 0 Å². The number of benzene rings is 1. The molecular formula is C13H12N2O4. The number of hydrogen-bond acceptors (Lipinski definition) is 5. The molecule has 1 aromatic carbocycles. The van der Waals surface area contributed by atoms with Crippen molar-refractivity contribution in [2.45, 2.75) is 6.61 Å². The molecule has 0 atom stereocenters. The second-order valence-electron chi connectivity index (χ2n) is 3.83. The third kappa shape index (κ3) is 2.99. The average molecular weight is 260 g/mol. The molecule has 0 fully saturated rings. The second-order valence-corrected chi connectivity index (χ2v) is 3.83. The van der Waals surface area contributed by atoms with Gasteiger partial charge in [-0.25, -0.2) is 9.78 Å². The molecule has 1 aromatic heterocycles. The normalized spacial score (nSPS) is 10.2. The number of anilines is 1. The van der Waals surface area contributed by atoms with Gasteiger partial charge in [0.25, 0.3) is 0 Å². The van der Waals surface area contributed by atoms with Crippen molar-refractivity contribution in [1.29, 1.82) is 0 Å². The predicted octanol–water partition coefficient (Wildman–Crippen LogP) is 1.65. The van der Waals surface area contributed by atoms with Gasteiger partial charge in [-0.3, -0.25) is 0 Å². The van der Waals surface area contributed by atoms with Gasteiger partial charge in [-0.1, -0.05) is 12.1 Å². The molecule has 19 heavy (non-hydrogen) atoms. The van der Waals surface area contributed by atoms with Crippen LogP contribution in [-0.4, -0.2) is 21.2 Å². The van der Waals surface area contributed by atoms with Crippen LogP contribution in [0.4, 0.5) is 5.69 Å². The van der Waals surface area contributed by atoms with E-state index in [9.17, 15) is 4.79 Å². The first-order chi connectivity index (χ1) is 9.10. The maximum Gasteiger partial charge on any atom is 0.341 e. The number of nitrogen functional groups attached to an aromatic ring is 1. The van der Waals surface area contributed by atoms with Gasteiger partial charge in [0.05, 0.1) is 18.5 Å². The Hall–Kier alpha value is -2.60. The molecule has 0 unspecified atom stereocenters. The Bertz CT molecular complexity index is 613. The number of aromatic carboxylic acids is 1. The molecule has 6 nitrogen and oxygen atoms in total.